The summed E-state index contributed by atoms with van der Waals surface area (Å²) in [6.45, 7) is 0. The highest BCUT2D eigenvalue weighted by atomic mass is 32.2. The van der Waals surface area contributed by atoms with E-state index in [-0.39, 0.29) is 0 Å². The van der Waals surface area contributed by atoms with Crippen molar-refractivity contribution in [2.75, 3.05) is 0 Å². The lowest BCUT2D eigenvalue weighted by atomic mass is 10.1. The number of hydrogen-bond acceptors (Lipinski definition) is 5. The second kappa shape index (κ2) is 5.98. The van der Waals surface area contributed by atoms with Crippen LogP contribution in [0, 0.1) is 0 Å². The maximum absolute atomic E-state index is 4.93. The van der Waals surface area contributed by atoms with Crippen LogP contribution in [0.3, 0.4) is 0 Å². The maximum atomic E-state index is 4.93. The molecule has 3 aromatic heterocycles. The quantitative estimate of drug-likeness (QED) is 0.439. The van der Waals surface area contributed by atoms with Gasteiger partial charge in [-0.3, -0.25) is 0 Å². The number of aromatic amines is 1. The van der Waals surface area contributed by atoms with Crippen molar-refractivity contribution in [3.63, 3.8) is 0 Å². The molecule has 120 valence electrons. The monoisotopic (exact) mass is 360 g/mol. The molecule has 0 saturated heterocycles. The normalized spacial score (nSPS) is 11.4. The Morgan fingerprint density at radius 1 is 0.920 bits per heavy atom. The van der Waals surface area contributed by atoms with E-state index in [4.69, 9.17) is 9.97 Å². The van der Waals surface area contributed by atoms with Gasteiger partial charge in [0.2, 0.25) is 0 Å². The van der Waals surface area contributed by atoms with E-state index in [0.29, 0.717) is 0 Å². The molecule has 0 aliphatic rings. The number of thiophene rings is 1. The van der Waals surface area contributed by atoms with E-state index >= 15 is 0 Å². The lowest BCUT2D eigenvalue weighted by Gasteiger charge is -2.08. The number of nitrogens with zero attached hydrogens (tertiary/aromatic N) is 3. The van der Waals surface area contributed by atoms with Gasteiger partial charge in [-0.25, -0.2) is 15.0 Å². The van der Waals surface area contributed by atoms with Crippen LogP contribution in [0.15, 0.2) is 76.5 Å². The van der Waals surface area contributed by atoms with E-state index < -0.39 is 0 Å². The number of H-pyrrole nitrogens is 1. The molecule has 6 heteroatoms. The van der Waals surface area contributed by atoms with Crippen LogP contribution in [0.5, 0.6) is 0 Å². The van der Waals surface area contributed by atoms with Crippen molar-refractivity contribution in [3.05, 3.63) is 66.3 Å². The number of nitrogens with one attached hydrogen (secondary N) is 1. The van der Waals surface area contributed by atoms with Crippen LogP contribution in [0.2, 0.25) is 0 Å². The largest absolute Gasteiger partial charge is 0.339 e. The van der Waals surface area contributed by atoms with E-state index in [2.05, 4.69) is 45.7 Å². The van der Waals surface area contributed by atoms with E-state index in [9.17, 15) is 0 Å². The van der Waals surface area contributed by atoms with Crippen LogP contribution in [-0.2, 0) is 0 Å². The molecule has 0 amide bonds. The van der Waals surface area contributed by atoms with Gasteiger partial charge in [0.05, 0.1) is 15.9 Å². The van der Waals surface area contributed by atoms with E-state index in [0.717, 1.165) is 31.8 Å². The number of hydrogen-bond donors (Lipinski definition) is 1. The third kappa shape index (κ3) is 2.69. The van der Waals surface area contributed by atoms with Crippen molar-refractivity contribution >= 4 is 44.9 Å². The number of fused-ring (bicyclic) bond motifs is 2. The summed E-state index contributed by atoms with van der Waals surface area (Å²) < 4.78 is 0. The molecule has 0 fully saturated rings. The molecule has 0 spiro atoms. The minimum atomic E-state index is 0.812. The highest BCUT2D eigenvalue weighted by Crippen LogP contribution is 2.36. The molecule has 1 N–H and O–H groups in total. The van der Waals surface area contributed by atoms with Crippen molar-refractivity contribution in [2.24, 2.45) is 0 Å². The summed E-state index contributed by atoms with van der Waals surface area (Å²) in [6, 6.07) is 16.6. The van der Waals surface area contributed by atoms with Crippen molar-refractivity contribution in [1.29, 1.82) is 0 Å². The zero-order valence-electron chi connectivity index (χ0n) is 13.0. The first-order valence-corrected chi connectivity index (χ1v) is 9.48. The zero-order chi connectivity index (χ0) is 16.6. The molecule has 5 rings (SSSR count). The topological polar surface area (TPSA) is 54.5 Å². The third-order valence-electron chi connectivity index (χ3n) is 3.92. The number of aromatic nitrogens is 4. The molecule has 0 atom stereocenters. The predicted molar refractivity (Wildman–Crippen MR) is 103 cm³/mol. The average Bonchev–Trinajstić information content (AvgIpc) is 3.33. The fraction of sp³-hybridized carbons (Fsp3) is 0. The summed E-state index contributed by atoms with van der Waals surface area (Å²) in [5, 5.41) is 6.07. The van der Waals surface area contributed by atoms with Gasteiger partial charge in [0, 0.05) is 12.4 Å². The molecule has 3 heterocycles. The summed E-state index contributed by atoms with van der Waals surface area (Å²) >= 11 is 3.17. The van der Waals surface area contributed by atoms with E-state index in [1.165, 1.54) is 22.5 Å². The Morgan fingerprint density at radius 3 is 2.40 bits per heavy atom. The maximum Gasteiger partial charge on any atom is 0.171 e. The Balaban J connectivity index is 1.76. The molecule has 0 unspecified atom stereocenters. The van der Waals surface area contributed by atoms with E-state index in [1.54, 1.807) is 17.5 Å². The fourth-order valence-electron chi connectivity index (χ4n) is 2.77. The summed E-state index contributed by atoms with van der Waals surface area (Å²) in [5.74, 6) is 0. The first kappa shape index (κ1) is 14.6. The van der Waals surface area contributed by atoms with Gasteiger partial charge in [-0.2, -0.15) is 0 Å². The Bertz CT molecular complexity index is 1170. The lowest BCUT2D eigenvalue weighted by Crippen LogP contribution is -1.93. The Morgan fingerprint density at radius 2 is 1.72 bits per heavy atom. The minimum absolute atomic E-state index is 0.812. The highest BCUT2D eigenvalue weighted by molar-refractivity contribution is 7.99. The van der Waals surface area contributed by atoms with Crippen molar-refractivity contribution in [2.45, 2.75) is 10.2 Å². The molecule has 4 nitrogen and oxygen atoms in total. The summed E-state index contributed by atoms with van der Waals surface area (Å²) in [4.78, 5) is 18.4. The predicted octanol–water partition coefficient (Wildman–Crippen LogP) is 5.39. The molecule has 25 heavy (non-hydrogen) atoms. The SMILES string of the molecule is c1csc(-c2nc3cc4ccccc4cc3nc2Sc2ncc[nH]2)c1. The highest BCUT2D eigenvalue weighted by Gasteiger charge is 2.15. The van der Waals surface area contributed by atoms with Crippen LogP contribution in [-0.4, -0.2) is 19.9 Å². The van der Waals surface area contributed by atoms with Gasteiger partial charge in [-0.1, -0.05) is 30.3 Å². The molecule has 2 aromatic carbocycles. The molecule has 0 radical (unpaired) electrons. The Kier molecular flexibility index (Phi) is 3.50. The van der Waals surface area contributed by atoms with Gasteiger partial charge >= 0.3 is 0 Å². The van der Waals surface area contributed by atoms with Crippen LogP contribution in [0.25, 0.3) is 32.4 Å². The Labute approximate surface area is 152 Å². The lowest BCUT2D eigenvalue weighted by molar-refractivity contribution is 1.04. The number of imidazole rings is 1. The van der Waals surface area contributed by atoms with Gasteiger partial charge in [-0.05, 0) is 46.1 Å². The molecule has 0 bridgehead atoms. The molecule has 0 aliphatic heterocycles. The molecular formula is C19H12N4S2. The van der Waals surface area contributed by atoms with Crippen molar-refractivity contribution < 1.29 is 0 Å². The van der Waals surface area contributed by atoms with Crippen molar-refractivity contribution in [1.82, 2.24) is 19.9 Å². The summed E-state index contributed by atoms with van der Waals surface area (Å²) in [5.41, 5.74) is 2.71. The first-order valence-electron chi connectivity index (χ1n) is 7.78. The first-order chi connectivity index (χ1) is 12.4. The molecule has 0 saturated carbocycles. The fourth-order valence-corrected chi connectivity index (χ4v) is 4.37. The van der Waals surface area contributed by atoms with Crippen LogP contribution >= 0.6 is 23.1 Å². The third-order valence-corrected chi connectivity index (χ3v) is 5.69. The second-order valence-electron chi connectivity index (χ2n) is 5.54. The van der Waals surface area contributed by atoms with Crippen LogP contribution in [0.1, 0.15) is 0 Å². The smallest absolute Gasteiger partial charge is 0.171 e. The van der Waals surface area contributed by atoms with Gasteiger partial charge in [-0.15, -0.1) is 11.3 Å². The standard InChI is InChI=1S/C19H12N4S2/c1-2-5-13-11-15-14(10-12(13)4-1)22-17(16-6-3-9-24-16)18(23-15)25-19-20-7-8-21-19/h1-11H,(H,20,21). The number of rotatable bonds is 3. The number of benzene rings is 2. The van der Waals surface area contributed by atoms with Gasteiger partial charge in [0.25, 0.3) is 0 Å². The van der Waals surface area contributed by atoms with Gasteiger partial charge < -0.3 is 4.98 Å². The second-order valence-corrected chi connectivity index (χ2v) is 7.46. The van der Waals surface area contributed by atoms with E-state index in [1.807, 2.05) is 24.4 Å². The zero-order valence-corrected chi connectivity index (χ0v) is 14.6. The Hall–Kier alpha value is -2.70. The minimum Gasteiger partial charge on any atom is -0.339 e. The van der Waals surface area contributed by atoms with Crippen LogP contribution < -0.4 is 0 Å². The summed E-state index contributed by atoms with van der Waals surface area (Å²) in [7, 11) is 0. The van der Waals surface area contributed by atoms with Crippen LogP contribution in [0.4, 0.5) is 0 Å². The van der Waals surface area contributed by atoms with Crippen molar-refractivity contribution in [3.8, 4) is 10.6 Å². The molecule has 5 aromatic rings. The van der Waals surface area contributed by atoms with Gasteiger partial charge in [0.15, 0.2) is 5.16 Å². The molecule has 0 aliphatic carbocycles. The summed E-state index contributed by atoms with van der Waals surface area (Å²) in [6.07, 6.45) is 3.56. The molecular weight excluding hydrogens is 348 g/mol. The van der Waals surface area contributed by atoms with Gasteiger partial charge in [0.1, 0.15) is 10.7 Å². The average molecular weight is 360 g/mol.